The van der Waals surface area contributed by atoms with Crippen LogP contribution in [0.25, 0.3) is 0 Å². The largest absolute Gasteiger partial charge is 0.384 e. The molecule has 1 N–H and O–H groups in total. The molecule has 0 aromatic heterocycles. The van der Waals surface area contributed by atoms with Gasteiger partial charge in [-0.3, -0.25) is 0 Å². The van der Waals surface area contributed by atoms with Crippen molar-refractivity contribution in [2.75, 3.05) is 23.4 Å². The minimum Gasteiger partial charge on any atom is -0.384 e. The Labute approximate surface area is 94.7 Å². The number of nitriles is 1. The third kappa shape index (κ3) is 4.44. The summed E-state index contributed by atoms with van der Waals surface area (Å²) in [6.07, 6.45) is 5.13. The highest BCUT2D eigenvalue weighted by Crippen LogP contribution is 2.09. The van der Waals surface area contributed by atoms with Gasteiger partial charge in [-0.1, -0.05) is 12.0 Å². The molecule has 1 aromatic rings. The van der Waals surface area contributed by atoms with Crippen molar-refractivity contribution < 1.29 is 0 Å². The Morgan fingerprint density at radius 2 is 2.33 bits per heavy atom. The Morgan fingerprint density at radius 1 is 1.47 bits per heavy atom. The number of rotatable bonds is 5. The van der Waals surface area contributed by atoms with E-state index in [4.69, 9.17) is 11.7 Å². The molecule has 0 unspecified atom stereocenters. The highest BCUT2D eigenvalue weighted by molar-refractivity contribution is 7.99. The van der Waals surface area contributed by atoms with Crippen LogP contribution in [0, 0.1) is 23.7 Å². The number of anilines is 1. The summed E-state index contributed by atoms with van der Waals surface area (Å²) in [5.74, 6) is 4.30. The molecular formula is C12H12N2S. The fourth-order valence-electron chi connectivity index (χ4n) is 1.10. The maximum Gasteiger partial charge on any atom is 0.0992 e. The zero-order valence-corrected chi connectivity index (χ0v) is 9.18. The van der Waals surface area contributed by atoms with E-state index in [-0.39, 0.29) is 0 Å². The van der Waals surface area contributed by atoms with Crippen molar-refractivity contribution in [1.29, 1.82) is 5.26 Å². The number of terminal acetylenes is 1. The van der Waals surface area contributed by atoms with Crippen LogP contribution in [0.5, 0.6) is 0 Å². The van der Waals surface area contributed by atoms with Crippen molar-refractivity contribution >= 4 is 17.4 Å². The topological polar surface area (TPSA) is 35.8 Å². The van der Waals surface area contributed by atoms with Crippen LogP contribution in [0.4, 0.5) is 5.69 Å². The lowest BCUT2D eigenvalue weighted by molar-refractivity contribution is 1.23. The second kappa shape index (κ2) is 6.81. The lowest BCUT2D eigenvalue weighted by atomic mass is 10.2. The van der Waals surface area contributed by atoms with E-state index in [1.807, 2.05) is 18.2 Å². The summed E-state index contributed by atoms with van der Waals surface area (Å²) in [5.41, 5.74) is 1.66. The lowest BCUT2D eigenvalue weighted by Gasteiger charge is -2.05. The minimum absolute atomic E-state index is 0.677. The van der Waals surface area contributed by atoms with Crippen molar-refractivity contribution in [2.24, 2.45) is 0 Å². The first-order valence-corrected chi connectivity index (χ1v) is 5.77. The molecule has 76 valence electrons. The molecule has 0 aliphatic carbocycles. The first-order valence-electron chi connectivity index (χ1n) is 4.62. The van der Waals surface area contributed by atoms with Gasteiger partial charge >= 0.3 is 0 Å². The monoisotopic (exact) mass is 216 g/mol. The third-order valence-electron chi connectivity index (χ3n) is 1.75. The van der Waals surface area contributed by atoms with E-state index in [0.717, 1.165) is 23.7 Å². The summed E-state index contributed by atoms with van der Waals surface area (Å²) in [7, 11) is 0. The predicted octanol–water partition coefficient (Wildman–Crippen LogP) is 2.34. The highest BCUT2D eigenvalue weighted by atomic mass is 32.2. The molecule has 0 amide bonds. The molecule has 0 saturated heterocycles. The molecule has 2 nitrogen and oxygen atoms in total. The molecule has 0 fully saturated rings. The molecule has 0 bridgehead atoms. The van der Waals surface area contributed by atoms with Crippen molar-refractivity contribution in [2.45, 2.75) is 0 Å². The number of hydrogen-bond donors (Lipinski definition) is 1. The van der Waals surface area contributed by atoms with E-state index >= 15 is 0 Å². The second-order valence-corrected chi connectivity index (χ2v) is 3.98. The smallest absolute Gasteiger partial charge is 0.0992 e. The summed E-state index contributed by atoms with van der Waals surface area (Å²) >= 11 is 1.72. The summed E-state index contributed by atoms with van der Waals surface area (Å²) in [4.78, 5) is 0. The molecule has 0 radical (unpaired) electrons. The van der Waals surface area contributed by atoms with Gasteiger partial charge in [0, 0.05) is 18.0 Å². The SMILES string of the molecule is C#CCSCCNc1cccc(C#N)c1. The second-order valence-electron chi connectivity index (χ2n) is 2.88. The van der Waals surface area contributed by atoms with Gasteiger partial charge in [0.1, 0.15) is 0 Å². The summed E-state index contributed by atoms with van der Waals surface area (Å²) in [5, 5.41) is 11.9. The van der Waals surface area contributed by atoms with Crippen LogP contribution in [-0.2, 0) is 0 Å². The minimum atomic E-state index is 0.677. The Balaban J connectivity index is 2.32. The molecule has 0 spiro atoms. The van der Waals surface area contributed by atoms with Gasteiger partial charge in [-0.05, 0) is 18.2 Å². The van der Waals surface area contributed by atoms with Crippen molar-refractivity contribution in [1.82, 2.24) is 0 Å². The van der Waals surface area contributed by atoms with Crippen molar-refractivity contribution in [3.63, 3.8) is 0 Å². The van der Waals surface area contributed by atoms with Gasteiger partial charge in [-0.15, -0.1) is 18.2 Å². The van der Waals surface area contributed by atoms with Crippen molar-refractivity contribution in [3.8, 4) is 18.4 Å². The Bertz CT molecular complexity index is 387. The summed E-state index contributed by atoms with van der Waals surface area (Å²) < 4.78 is 0. The fourth-order valence-corrected chi connectivity index (χ4v) is 1.61. The van der Waals surface area contributed by atoms with Gasteiger partial charge in [0.15, 0.2) is 0 Å². The van der Waals surface area contributed by atoms with Gasteiger partial charge in [0.05, 0.1) is 17.4 Å². The first-order chi connectivity index (χ1) is 7.36. The normalized spacial score (nSPS) is 8.93. The molecule has 1 rings (SSSR count). The first kappa shape index (κ1) is 11.5. The molecule has 0 heterocycles. The van der Waals surface area contributed by atoms with E-state index in [1.54, 1.807) is 17.8 Å². The molecule has 0 saturated carbocycles. The van der Waals surface area contributed by atoms with E-state index < -0.39 is 0 Å². The average Bonchev–Trinajstić information content (AvgIpc) is 2.29. The molecule has 3 heteroatoms. The number of benzene rings is 1. The van der Waals surface area contributed by atoms with Crippen LogP contribution in [0.3, 0.4) is 0 Å². The van der Waals surface area contributed by atoms with Gasteiger partial charge in [0.25, 0.3) is 0 Å². The van der Waals surface area contributed by atoms with Gasteiger partial charge in [-0.25, -0.2) is 0 Å². The standard InChI is InChI=1S/C12H12N2S/c1-2-7-15-8-6-14-12-5-3-4-11(9-12)10-13/h1,3-5,9,14H,6-8H2. The Hall–Kier alpha value is -1.58. The Morgan fingerprint density at radius 3 is 3.07 bits per heavy atom. The predicted molar refractivity (Wildman–Crippen MR) is 65.8 cm³/mol. The number of thioether (sulfide) groups is 1. The van der Waals surface area contributed by atoms with Gasteiger partial charge in [-0.2, -0.15) is 5.26 Å². The number of hydrogen-bond acceptors (Lipinski definition) is 3. The van der Waals surface area contributed by atoms with Gasteiger partial charge < -0.3 is 5.32 Å². The van der Waals surface area contributed by atoms with Crippen LogP contribution < -0.4 is 5.32 Å². The van der Waals surface area contributed by atoms with Crippen LogP contribution in [0.2, 0.25) is 0 Å². The Kier molecular flexibility index (Phi) is 5.22. The maximum atomic E-state index is 8.70. The van der Waals surface area contributed by atoms with Crippen LogP contribution in [0.1, 0.15) is 5.56 Å². The highest BCUT2D eigenvalue weighted by Gasteiger charge is 1.93. The lowest BCUT2D eigenvalue weighted by Crippen LogP contribution is -2.04. The molecule has 0 aliphatic rings. The van der Waals surface area contributed by atoms with Crippen molar-refractivity contribution in [3.05, 3.63) is 29.8 Å². The van der Waals surface area contributed by atoms with Gasteiger partial charge in [0.2, 0.25) is 0 Å². The van der Waals surface area contributed by atoms with Crippen LogP contribution >= 0.6 is 11.8 Å². The van der Waals surface area contributed by atoms with E-state index in [9.17, 15) is 0 Å². The number of nitrogens with one attached hydrogen (secondary N) is 1. The fraction of sp³-hybridized carbons (Fsp3) is 0.250. The zero-order valence-electron chi connectivity index (χ0n) is 8.36. The summed E-state index contributed by atoms with van der Waals surface area (Å²) in [6.45, 7) is 0.862. The third-order valence-corrected chi connectivity index (χ3v) is 2.62. The van der Waals surface area contributed by atoms with E-state index in [2.05, 4.69) is 17.3 Å². The van der Waals surface area contributed by atoms with Crippen LogP contribution in [0.15, 0.2) is 24.3 Å². The maximum absolute atomic E-state index is 8.70. The molecule has 0 atom stereocenters. The van der Waals surface area contributed by atoms with E-state index in [0.29, 0.717) is 5.56 Å². The average molecular weight is 216 g/mol. The summed E-state index contributed by atoms with van der Waals surface area (Å²) in [6, 6.07) is 9.56. The quantitative estimate of drug-likeness (QED) is 0.606. The zero-order chi connectivity index (χ0) is 10.9. The molecule has 1 aromatic carbocycles. The molecular weight excluding hydrogens is 204 g/mol. The van der Waals surface area contributed by atoms with Crippen LogP contribution in [-0.4, -0.2) is 18.1 Å². The van der Waals surface area contributed by atoms with E-state index in [1.165, 1.54) is 0 Å². The molecule has 15 heavy (non-hydrogen) atoms. The number of nitrogens with zero attached hydrogens (tertiary/aromatic N) is 1. The molecule has 0 aliphatic heterocycles.